The van der Waals surface area contributed by atoms with Crippen molar-refractivity contribution in [1.29, 1.82) is 0 Å². The highest BCUT2D eigenvalue weighted by atomic mass is 16.6. The molecule has 0 N–H and O–H groups in total. The number of fused-ring (bicyclic) bond motifs is 2. The zero-order chi connectivity index (χ0) is 13.3. The van der Waals surface area contributed by atoms with E-state index in [0.29, 0.717) is 6.61 Å². The molecule has 0 aromatic heterocycles. The van der Waals surface area contributed by atoms with E-state index < -0.39 is 0 Å². The van der Waals surface area contributed by atoms with Crippen molar-refractivity contribution < 1.29 is 9.53 Å². The summed E-state index contributed by atoms with van der Waals surface area (Å²) < 4.78 is 5.43. The average Bonchev–Trinajstić information content (AvgIpc) is 2.44. The molecule has 2 aliphatic heterocycles. The van der Waals surface area contributed by atoms with Gasteiger partial charge in [0, 0.05) is 6.54 Å². The highest BCUT2D eigenvalue weighted by Crippen LogP contribution is 2.49. The van der Waals surface area contributed by atoms with Crippen molar-refractivity contribution in [2.24, 2.45) is 5.92 Å². The van der Waals surface area contributed by atoms with Crippen molar-refractivity contribution in [2.75, 3.05) is 6.54 Å². The molecule has 19 heavy (non-hydrogen) atoms. The number of ether oxygens (including phenoxy) is 1. The third-order valence-electron chi connectivity index (χ3n) is 4.39. The Kier molecular flexibility index (Phi) is 3.05. The smallest absolute Gasteiger partial charge is 0.410 e. The van der Waals surface area contributed by atoms with E-state index in [1.165, 1.54) is 0 Å². The Hall–Kier alpha value is -1.77. The first kappa shape index (κ1) is 12.3. The maximum absolute atomic E-state index is 12.2. The second-order valence-corrected chi connectivity index (χ2v) is 5.56. The van der Waals surface area contributed by atoms with Gasteiger partial charge in [0.1, 0.15) is 6.61 Å². The summed E-state index contributed by atoms with van der Waals surface area (Å²) in [5, 5.41) is 0. The molecule has 2 bridgehead atoms. The molecule has 4 rings (SSSR count). The van der Waals surface area contributed by atoms with Crippen LogP contribution in [0.1, 0.15) is 24.8 Å². The summed E-state index contributed by atoms with van der Waals surface area (Å²) in [5.41, 5.74) is 0.892. The summed E-state index contributed by atoms with van der Waals surface area (Å²) in [4.78, 5) is 14.1. The first-order valence-electron chi connectivity index (χ1n) is 6.85. The van der Waals surface area contributed by atoms with Crippen molar-refractivity contribution >= 4 is 6.09 Å². The summed E-state index contributed by atoms with van der Waals surface area (Å²) in [6, 6.07) is 9.78. The van der Waals surface area contributed by atoms with Gasteiger partial charge in [0.05, 0.1) is 5.54 Å². The van der Waals surface area contributed by atoms with Crippen LogP contribution in [0.2, 0.25) is 0 Å². The van der Waals surface area contributed by atoms with E-state index in [1.54, 1.807) is 0 Å². The summed E-state index contributed by atoms with van der Waals surface area (Å²) >= 11 is 0. The fourth-order valence-electron chi connectivity index (χ4n) is 3.25. The van der Waals surface area contributed by atoms with Crippen LogP contribution in [-0.4, -0.2) is 23.1 Å². The lowest BCUT2D eigenvalue weighted by Gasteiger charge is -2.57. The molecule has 0 spiro atoms. The van der Waals surface area contributed by atoms with Crippen molar-refractivity contribution in [1.82, 2.24) is 4.90 Å². The Morgan fingerprint density at radius 2 is 2.16 bits per heavy atom. The Labute approximate surface area is 113 Å². The number of hydrogen-bond donors (Lipinski definition) is 0. The molecular formula is C16H19NO2. The number of carbonyl (C=O) groups is 1. The van der Waals surface area contributed by atoms with Gasteiger partial charge < -0.3 is 4.74 Å². The standard InChI is InChI=1S/C16H19NO2/c1-2-16-10-14(11-16)8-9-17(16)15(18)19-12-13-6-4-3-5-7-13/h2-7,14H,1,8-12H2. The first-order chi connectivity index (χ1) is 9.23. The van der Waals surface area contributed by atoms with Crippen molar-refractivity contribution in [3.05, 3.63) is 48.6 Å². The van der Waals surface area contributed by atoms with Crippen molar-refractivity contribution in [2.45, 2.75) is 31.4 Å². The quantitative estimate of drug-likeness (QED) is 0.777. The van der Waals surface area contributed by atoms with Gasteiger partial charge in [0.15, 0.2) is 0 Å². The maximum atomic E-state index is 12.2. The first-order valence-corrected chi connectivity index (χ1v) is 6.85. The zero-order valence-electron chi connectivity index (χ0n) is 11.0. The predicted molar refractivity (Wildman–Crippen MR) is 73.6 cm³/mol. The SMILES string of the molecule is C=CC12CC(CCN1C(=O)OCc1ccccc1)C2. The molecule has 0 atom stereocenters. The Bertz CT molecular complexity index is 477. The molecule has 1 aliphatic carbocycles. The lowest BCUT2D eigenvalue weighted by Crippen LogP contribution is -2.63. The minimum atomic E-state index is -0.207. The number of carbonyl (C=O) groups excluding carboxylic acids is 1. The monoisotopic (exact) mass is 257 g/mol. The van der Waals surface area contributed by atoms with E-state index >= 15 is 0 Å². The molecular weight excluding hydrogens is 238 g/mol. The van der Waals surface area contributed by atoms with Crippen LogP contribution in [0.4, 0.5) is 4.79 Å². The Balaban J connectivity index is 1.62. The number of piperidine rings is 2. The number of hydrogen-bond acceptors (Lipinski definition) is 2. The largest absolute Gasteiger partial charge is 0.445 e. The molecule has 0 unspecified atom stereocenters. The molecule has 2 heterocycles. The molecule has 3 nitrogen and oxygen atoms in total. The number of nitrogens with zero attached hydrogens (tertiary/aromatic N) is 1. The van der Waals surface area contributed by atoms with Gasteiger partial charge >= 0.3 is 6.09 Å². The second kappa shape index (κ2) is 4.72. The van der Waals surface area contributed by atoms with E-state index in [4.69, 9.17) is 4.74 Å². The summed E-state index contributed by atoms with van der Waals surface area (Å²) in [5.74, 6) is 0.774. The maximum Gasteiger partial charge on any atom is 0.410 e. The fraction of sp³-hybridized carbons (Fsp3) is 0.438. The van der Waals surface area contributed by atoms with Crippen LogP contribution in [0.25, 0.3) is 0 Å². The second-order valence-electron chi connectivity index (χ2n) is 5.56. The summed E-state index contributed by atoms with van der Waals surface area (Å²) in [6.45, 7) is 5.03. The molecule has 0 radical (unpaired) electrons. The lowest BCUT2D eigenvalue weighted by molar-refractivity contribution is -0.0392. The highest BCUT2D eigenvalue weighted by molar-refractivity contribution is 5.70. The molecule has 3 heteroatoms. The minimum Gasteiger partial charge on any atom is -0.445 e. The average molecular weight is 257 g/mol. The van der Waals surface area contributed by atoms with Gasteiger partial charge in [-0.25, -0.2) is 4.79 Å². The molecule has 100 valence electrons. The molecule has 2 saturated heterocycles. The van der Waals surface area contributed by atoms with E-state index in [-0.39, 0.29) is 11.6 Å². The molecule has 1 saturated carbocycles. The van der Waals surface area contributed by atoms with Gasteiger partial charge in [-0.05, 0) is 30.7 Å². The zero-order valence-corrected chi connectivity index (χ0v) is 11.0. The molecule has 1 aromatic rings. The number of benzene rings is 1. The minimum absolute atomic E-state index is 0.128. The van der Waals surface area contributed by atoms with Gasteiger partial charge in [0.25, 0.3) is 0 Å². The summed E-state index contributed by atoms with van der Waals surface area (Å²) in [7, 11) is 0. The van der Waals surface area contributed by atoms with E-state index in [2.05, 4.69) is 6.58 Å². The molecule has 3 fully saturated rings. The van der Waals surface area contributed by atoms with Gasteiger partial charge in [-0.15, -0.1) is 6.58 Å². The fourth-order valence-corrected chi connectivity index (χ4v) is 3.25. The number of amides is 1. The van der Waals surface area contributed by atoms with E-state index in [0.717, 1.165) is 37.3 Å². The van der Waals surface area contributed by atoms with Crippen LogP contribution in [0.15, 0.2) is 43.0 Å². The van der Waals surface area contributed by atoms with E-state index in [9.17, 15) is 4.79 Å². The third-order valence-corrected chi connectivity index (χ3v) is 4.39. The summed E-state index contributed by atoms with van der Waals surface area (Å²) in [6.07, 6.45) is 4.91. The van der Waals surface area contributed by atoms with Crippen molar-refractivity contribution in [3.8, 4) is 0 Å². The highest BCUT2D eigenvalue weighted by Gasteiger charge is 2.52. The van der Waals surface area contributed by atoms with Gasteiger partial charge in [-0.3, -0.25) is 4.90 Å². The van der Waals surface area contributed by atoms with Crippen LogP contribution >= 0.6 is 0 Å². The van der Waals surface area contributed by atoms with Gasteiger partial charge in [-0.2, -0.15) is 0 Å². The van der Waals surface area contributed by atoms with Crippen LogP contribution < -0.4 is 0 Å². The van der Waals surface area contributed by atoms with Crippen LogP contribution in [-0.2, 0) is 11.3 Å². The molecule has 1 amide bonds. The predicted octanol–water partition coefficient (Wildman–Crippen LogP) is 3.36. The third kappa shape index (κ3) is 2.14. The number of rotatable bonds is 3. The normalized spacial score (nSPS) is 28.4. The molecule has 1 aromatic carbocycles. The van der Waals surface area contributed by atoms with Crippen LogP contribution in [0.3, 0.4) is 0 Å². The van der Waals surface area contributed by atoms with Crippen LogP contribution in [0.5, 0.6) is 0 Å². The lowest BCUT2D eigenvalue weighted by atomic mass is 9.63. The molecule has 3 aliphatic rings. The Morgan fingerprint density at radius 1 is 1.42 bits per heavy atom. The van der Waals surface area contributed by atoms with Gasteiger partial charge in [0.2, 0.25) is 0 Å². The topological polar surface area (TPSA) is 29.5 Å². The van der Waals surface area contributed by atoms with E-state index in [1.807, 2.05) is 41.3 Å². The van der Waals surface area contributed by atoms with Crippen molar-refractivity contribution in [3.63, 3.8) is 0 Å². The Morgan fingerprint density at radius 3 is 2.84 bits per heavy atom. The van der Waals surface area contributed by atoms with Gasteiger partial charge in [-0.1, -0.05) is 36.4 Å². The van der Waals surface area contributed by atoms with Crippen LogP contribution in [0, 0.1) is 5.92 Å².